The van der Waals surface area contributed by atoms with Crippen molar-refractivity contribution < 1.29 is 22.7 Å². The van der Waals surface area contributed by atoms with E-state index in [9.17, 15) is 18.0 Å². The number of benzene rings is 1. The SMILES string of the molecule is CCOC1CCN(CC(=O)Nc2cc(C(F)(F)F)ccc2N2CCCCC2)CC1. The third-order valence-corrected chi connectivity index (χ3v) is 5.60. The standard InChI is InChI=1S/C21H30F3N3O2/c1-2-29-17-8-12-26(13-9-17)15-20(28)25-18-14-16(21(22,23)24)6-7-19(18)27-10-4-3-5-11-27/h6-7,14,17H,2-5,8-13,15H2,1H3,(H,25,28). The van der Waals surface area contributed by atoms with Crippen molar-refractivity contribution in [3.05, 3.63) is 23.8 Å². The largest absolute Gasteiger partial charge is 0.416 e. The van der Waals surface area contributed by atoms with Gasteiger partial charge in [-0.3, -0.25) is 9.69 Å². The average Bonchev–Trinajstić information content (AvgIpc) is 2.69. The third-order valence-electron chi connectivity index (χ3n) is 5.60. The number of piperidine rings is 2. The lowest BCUT2D eigenvalue weighted by Gasteiger charge is -2.32. The molecule has 29 heavy (non-hydrogen) atoms. The van der Waals surface area contributed by atoms with Crippen LogP contribution < -0.4 is 10.2 Å². The zero-order valence-electron chi connectivity index (χ0n) is 16.9. The summed E-state index contributed by atoms with van der Waals surface area (Å²) in [6, 6.07) is 3.64. The molecule has 1 amide bonds. The van der Waals surface area contributed by atoms with E-state index in [1.807, 2.05) is 11.8 Å². The monoisotopic (exact) mass is 413 g/mol. The predicted molar refractivity (Wildman–Crippen MR) is 107 cm³/mol. The highest BCUT2D eigenvalue weighted by molar-refractivity contribution is 5.95. The smallest absolute Gasteiger partial charge is 0.378 e. The normalized spacial score (nSPS) is 19.4. The second kappa shape index (κ2) is 9.80. The maximum Gasteiger partial charge on any atom is 0.416 e. The second-order valence-electron chi connectivity index (χ2n) is 7.76. The number of halogens is 3. The zero-order valence-corrected chi connectivity index (χ0v) is 16.9. The summed E-state index contributed by atoms with van der Waals surface area (Å²) >= 11 is 0. The lowest BCUT2D eigenvalue weighted by atomic mass is 10.1. The lowest BCUT2D eigenvalue weighted by Crippen LogP contribution is -2.41. The number of carbonyl (C=O) groups excluding carboxylic acids is 1. The molecule has 3 rings (SSSR count). The van der Waals surface area contributed by atoms with Crippen LogP contribution in [0.4, 0.5) is 24.5 Å². The topological polar surface area (TPSA) is 44.8 Å². The lowest BCUT2D eigenvalue weighted by molar-refractivity contribution is -0.137. The zero-order chi connectivity index (χ0) is 20.9. The van der Waals surface area contributed by atoms with Crippen LogP contribution in [0.5, 0.6) is 0 Å². The molecule has 2 fully saturated rings. The van der Waals surface area contributed by atoms with E-state index in [-0.39, 0.29) is 24.2 Å². The van der Waals surface area contributed by atoms with E-state index in [1.165, 1.54) is 6.07 Å². The number of nitrogens with zero attached hydrogens (tertiary/aromatic N) is 2. The summed E-state index contributed by atoms with van der Waals surface area (Å²) in [5, 5.41) is 2.75. The predicted octanol–water partition coefficient (Wildman–Crippen LogP) is 4.14. The molecule has 2 aliphatic rings. The molecule has 2 aliphatic heterocycles. The highest BCUT2D eigenvalue weighted by atomic mass is 19.4. The van der Waals surface area contributed by atoms with E-state index in [2.05, 4.69) is 10.2 Å². The Morgan fingerprint density at radius 2 is 1.83 bits per heavy atom. The van der Waals surface area contributed by atoms with Gasteiger partial charge in [0.2, 0.25) is 5.91 Å². The van der Waals surface area contributed by atoms with E-state index >= 15 is 0 Å². The first-order valence-corrected chi connectivity index (χ1v) is 10.5. The number of ether oxygens (including phenoxy) is 1. The first-order chi connectivity index (χ1) is 13.9. The van der Waals surface area contributed by atoms with Crippen LogP contribution in [-0.4, -0.2) is 56.2 Å². The Morgan fingerprint density at radius 1 is 1.14 bits per heavy atom. The minimum absolute atomic E-state index is 0.175. The molecule has 0 spiro atoms. The maximum absolute atomic E-state index is 13.2. The third kappa shape index (κ3) is 6.09. The molecule has 8 heteroatoms. The van der Waals surface area contributed by atoms with Crippen molar-refractivity contribution in [2.24, 2.45) is 0 Å². The van der Waals surface area contributed by atoms with Gasteiger partial charge in [-0.25, -0.2) is 0 Å². The number of amides is 1. The minimum Gasteiger partial charge on any atom is -0.378 e. The molecule has 0 unspecified atom stereocenters. The van der Waals surface area contributed by atoms with Gasteiger partial charge in [-0.2, -0.15) is 13.2 Å². The van der Waals surface area contributed by atoms with Crippen LogP contribution in [0, 0.1) is 0 Å². The van der Waals surface area contributed by atoms with Gasteiger partial charge in [-0.1, -0.05) is 0 Å². The minimum atomic E-state index is -4.44. The van der Waals surface area contributed by atoms with Crippen LogP contribution in [0.1, 0.15) is 44.6 Å². The molecule has 1 aromatic rings. The van der Waals surface area contributed by atoms with Crippen LogP contribution in [-0.2, 0) is 15.7 Å². The second-order valence-corrected chi connectivity index (χ2v) is 7.76. The molecule has 0 atom stereocenters. The van der Waals surface area contributed by atoms with E-state index in [0.717, 1.165) is 70.4 Å². The summed E-state index contributed by atoms with van der Waals surface area (Å²) in [5.74, 6) is -0.280. The molecule has 5 nitrogen and oxygen atoms in total. The van der Waals surface area contributed by atoms with Gasteiger partial charge in [0.15, 0.2) is 0 Å². The summed E-state index contributed by atoms with van der Waals surface area (Å²) in [7, 11) is 0. The molecular weight excluding hydrogens is 383 g/mol. The van der Waals surface area contributed by atoms with Crippen molar-refractivity contribution in [2.75, 3.05) is 49.5 Å². The van der Waals surface area contributed by atoms with Gasteiger partial charge in [0.05, 0.1) is 29.6 Å². The Hall–Kier alpha value is -1.80. The van der Waals surface area contributed by atoms with Gasteiger partial charge in [-0.15, -0.1) is 0 Å². The fourth-order valence-electron chi connectivity index (χ4n) is 4.09. The van der Waals surface area contributed by atoms with Crippen molar-refractivity contribution in [3.63, 3.8) is 0 Å². The molecule has 1 N–H and O–H groups in total. The van der Waals surface area contributed by atoms with Crippen molar-refractivity contribution in [2.45, 2.75) is 51.3 Å². The number of likely N-dealkylation sites (tertiary alicyclic amines) is 1. The summed E-state index contributed by atoms with van der Waals surface area (Å²) in [4.78, 5) is 16.7. The highest BCUT2D eigenvalue weighted by Gasteiger charge is 2.32. The number of rotatable bonds is 6. The molecule has 1 aromatic carbocycles. The Morgan fingerprint density at radius 3 is 2.45 bits per heavy atom. The Kier molecular flexibility index (Phi) is 7.40. The number of hydrogen-bond acceptors (Lipinski definition) is 4. The van der Waals surface area contributed by atoms with Crippen molar-refractivity contribution in [3.8, 4) is 0 Å². The quantitative estimate of drug-likeness (QED) is 0.762. The Bertz CT molecular complexity index is 682. The van der Waals surface area contributed by atoms with Crippen LogP contribution in [0.15, 0.2) is 18.2 Å². The average molecular weight is 413 g/mol. The van der Waals surface area contributed by atoms with Crippen LogP contribution in [0.25, 0.3) is 0 Å². The van der Waals surface area contributed by atoms with Crippen molar-refractivity contribution in [1.82, 2.24) is 4.90 Å². The van der Waals surface area contributed by atoms with Crippen LogP contribution in [0.3, 0.4) is 0 Å². The summed E-state index contributed by atoms with van der Waals surface area (Å²) in [6.45, 7) is 5.90. The summed E-state index contributed by atoms with van der Waals surface area (Å²) in [5.41, 5.74) is 0.170. The number of carbonyl (C=O) groups is 1. The molecule has 0 saturated carbocycles. The number of nitrogens with one attached hydrogen (secondary N) is 1. The van der Waals surface area contributed by atoms with Gasteiger partial charge in [0, 0.05) is 32.8 Å². The Labute approximate surface area is 170 Å². The highest BCUT2D eigenvalue weighted by Crippen LogP contribution is 2.36. The summed E-state index contributed by atoms with van der Waals surface area (Å²) in [6.07, 6.45) is 0.644. The van der Waals surface area contributed by atoms with E-state index in [1.54, 1.807) is 0 Å². The van der Waals surface area contributed by atoms with Gasteiger partial charge in [-0.05, 0) is 57.2 Å². The molecule has 2 saturated heterocycles. The first kappa shape index (κ1) is 21.9. The Balaban J connectivity index is 1.68. The van der Waals surface area contributed by atoms with Crippen molar-refractivity contribution >= 4 is 17.3 Å². The van der Waals surface area contributed by atoms with Crippen molar-refractivity contribution in [1.29, 1.82) is 0 Å². The number of anilines is 2. The van der Waals surface area contributed by atoms with Gasteiger partial charge >= 0.3 is 6.18 Å². The van der Waals surface area contributed by atoms with E-state index in [4.69, 9.17) is 4.74 Å². The number of hydrogen-bond donors (Lipinski definition) is 1. The molecule has 0 radical (unpaired) electrons. The fraction of sp³-hybridized carbons (Fsp3) is 0.667. The molecule has 0 bridgehead atoms. The van der Waals surface area contributed by atoms with Gasteiger partial charge in [0.25, 0.3) is 0 Å². The van der Waals surface area contributed by atoms with Crippen LogP contribution >= 0.6 is 0 Å². The molecular formula is C21H30F3N3O2. The molecule has 0 aromatic heterocycles. The maximum atomic E-state index is 13.2. The number of alkyl halides is 3. The molecule has 2 heterocycles. The molecule has 162 valence electrons. The van der Waals surface area contributed by atoms with Gasteiger partial charge in [0.1, 0.15) is 0 Å². The first-order valence-electron chi connectivity index (χ1n) is 10.5. The molecule has 0 aliphatic carbocycles. The van der Waals surface area contributed by atoms with E-state index in [0.29, 0.717) is 12.3 Å². The van der Waals surface area contributed by atoms with Crippen LogP contribution in [0.2, 0.25) is 0 Å². The fourth-order valence-corrected chi connectivity index (χ4v) is 4.09. The van der Waals surface area contributed by atoms with Gasteiger partial charge < -0.3 is 15.0 Å². The van der Waals surface area contributed by atoms with E-state index < -0.39 is 11.7 Å². The summed E-state index contributed by atoms with van der Waals surface area (Å²) < 4.78 is 45.2.